The van der Waals surface area contributed by atoms with Crippen molar-refractivity contribution >= 4 is 5.69 Å². The van der Waals surface area contributed by atoms with Crippen molar-refractivity contribution in [1.29, 1.82) is 0 Å². The summed E-state index contributed by atoms with van der Waals surface area (Å²) in [5, 5.41) is 12.4. The van der Waals surface area contributed by atoms with Crippen molar-refractivity contribution in [3.8, 4) is 5.75 Å². The van der Waals surface area contributed by atoms with E-state index >= 15 is 0 Å². The molecule has 0 radical (unpaired) electrons. The van der Waals surface area contributed by atoms with Crippen molar-refractivity contribution in [3.63, 3.8) is 0 Å². The van der Waals surface area contributed by atoms with E-state index in [0.717, 1.165) is 70.3 Å². The topological polar surface area (TPSA) is 48.0 Å². The first kappa shape index (κ1) is 14.6. The molecule has 0 saturated carbocycles. The van der Waals surface area contributed by atoms with E-state index in [1.807, 2.05) is 0 Å². The number of anilines is 1. The Morgan fingerprint density at radius 1 is 1.10 bits per heavy atom. The van der Waals surface area contributed by atoms with Crippen LogP contribution >= 0.6 is 0 Å². The SMILES string of the molecule is OCCN1CCN(CCc2ccc3c(c2)NCCO3)CC1. The standard InChI is InChI=1S/C16H25N3O2/c20-11-10-19-8-6-18(7-9-19)5-3-14-1-2-16-15(13-14)17-4-12-21-16/h1-2,13,17,20H,3-12H2. The van der Waals surface area contributed by atoms with Crippen LogP contribution in [0.1, 0.15) is 5.56 Å². The second-order valence-corrected chi connectivity index (χ2v) is 5.76. The summed E-state index contributed by atoms with van der Waals surface area (Å²) in [7, 11) is 0. The van der Waals surface area contributed by atoms with Crippen LogP contribution in [0.2, 0.25) is 0 Å². The quantitative estimate of drug-likeness (QED) is 0.834. The molecule has 2 aliphatic heterocycles. The number of β-amino-alcohol motifs (C(OH)–C–C–N with tert-alkyl or cyclic N) is 1. The number of hydrogen-bond donors (Lipinski definition) is 2. The van der Waals surface area contributed by atoms with Gasteiger partial charge in [0.05, 0.1) is 12.3 Å². The second-order valence-electron chi connectivity index (χ2n) is 5.76. The summed E-state index contributed by atoms with van der Waals surface area (Å²) < 4.78 is 5.61. The summed E-state index contributed by atoms with van der Waals surface area (Å²) in [5.74, 6) is 0.975. The molecule has 1 saturated heterocycles. The fraction of sp³-hybridized carbons (Fsp3) is 0.625. The molecule has 116 valence electrons. The van der Waals surface area contributed by atoms with E-state index in [0.29, 0.717) is 0 Å². The third-order valence-corrected chi connectivity index (χ3v) is 4.32. The molecule has 0 spiro atoms. The minimum atomic E-state index is 0.268. The molecule has 2 heterocycles. The van der Waals surface area contributed by atoms with Gasteiger partial charge in [-0.2, -0.15) is 0 Å². The van der Waals surface area contributed by atoms with Crippen LogP contribution < -0.4 is 10.1 Å². The van der Waals surface area contributed by atoms with Crippen molar-refractivity contribution in [2.24, 2.45) is 0 Å². The van der Waals surface area contributed by atoms with Gasteiger partial charge in [-0.05, 0) is 24.1 Å². The first-order chi connectivity index (χ1) is 10.3. The normalized spacial score (nSPS) is 19.7. The van der Waals surface area contributed by atoms with Gasteiger partial charge in [0.2, 0.25) is 0 Å². The number of nitrogens with zero attached hydrogens (tertiary/aromatic N) is 2. The molecular weight excluding hydrogens is 266 g/mol. The number of fused-ring (bicyclic) bond motifs is 1. The molecule has 1 fully saturated rings. The van der Waals surface area contributed by atoms with Crippen LogP contribution in [0.25, 0.3) is 0 Å². The Labute approximate surface area is 126 Å². The van der Waals surface area contributed by atoms with Gasteiger partial charge in [-0.25, -0.2) is 0 Å². The van der Waals surface area contributed by atoms with Crippen LogP contribution in [-0.4, -0.2) is 73.9 Å². The van der Waals surface area contributed by atoms with Gasteiger partial charge in [-0.1, -0.05) is 6.07 Å². The molecule has 21 heavy (non-hydrogen) atoms. The molecule has 0 atom stereocenters. The molecule has 0 unspecified atom stereocenters. The van der Waals surface area contributed by atoms with Crippen molar-refractivity contribution in [2.75, 3.05) is 64.3 Å². The smallest absolute Gasteiger partial charge is 0.142 e. The van der Waals surface area contributed by atoms with Gasteiger partial charge in [0.25, 0.3) is 0 Å². The predicted octanol–water partition coefficient (Wildman–Crippen LogP) is 0.643. The molecule has 3 rings (SSSR count). The summed E-state index contributed by atoms with van der Waals surface area (Å²) in [6, 6.07) is 6.47. The predicted molar refractivity (Wildman–Crippen MR) is 84.1 cm³/mol. The van der Waals surface area contributed by atoms with Gasteiger partial charge in [0.1, 0.15) is 12.4 Å². The lowest BCUT2D eigenvalue weighted by Gasteiger charge is -2.34. The van der Waals surface area contributed by atoms with Crippen LogP contribution in [-0.2, 0) is 6.42 Å². The Morgan fingerprint density at radius 3 is 2.62 bits per heavy atom. The van der Waals surface area contributed by atoms with Crippen LogP contribution in [0, 0.1) is 0 Å². The summed E-state index contributed by atoms with van der Waals surface area (Å²) in [4.78, 5) is 4.84. The number of nitrogens with one attached hydrogen (secondary N) is 1. The Morgan fingerprint density at radius 2 is 1.86 bits per heavy atom. The van der Waals surface area contributed by atoms with Crippen LogP contribution in [0.4, 0.5) is 5.69 Å². The summed E-state index contributed by atoms with van der Waals surface area (Å²) in [5.41, 5.74) is 2.50. The lowest BCUT2D eigenvalue weighted by atomic mass is 10.1. The number of aliphatic hydroxyl groups is 1. The lowest BCUT2D eigenvalue weighted by Crippen LogP contribution is -2.47. The van der Waals surface area contributed by atoms with E-state index in [4.69, 9.17) is 9.84 Å². The maximum absolute atomic E-state index is 8.96. The van der Waals surface area contributed by atoms with E-state index in [1.165, 1.54) is 5.56 Å². The van der Waals surface area contributed by atoms with E-state index < -0.39 is 0 Å². The number of benzene rings is 1. The van der Waals surface area contributed by atoms with Crippen LogP contribution in [0.15, 0.2) is 18.2 Å². The molecular formula is C16H25N3O2. The molecule has 0 bridgehead atoms. The number of piperazine rings is 1. The zero-order valence-corrected chi connectivity index (χ0v) is 12.6. The highest BCUT2D eigenvalue weighted by atomic mass is 16.5. The van der Waals surface area contributed by atoms with E-state index in [1.54, 1.807) is 0 Å². The zero-order chi connectivity index (χ0) is 14.5. The van der Waals surface area contributed by atoms with Crippen molar-refractivity contribution in [3.05, 3.63) is 23.8 Å². The molecule has 1 aromatic rings. The minimum Gasteiger partial charge on any atom is -0.490 e. The number of hydrogen-bond acceptors (Lipinski definition) is 5. The van der Waals surface area contributed by atoms with Gasteiger partial charge in [0.15, 0.2) is 0 Å². The number of rotatable bonds is 5. The fourth-order valence-corrected chi connectivity index (χ4v) is 3.01. The van der Waals surface area contributed by atoms with Crippen molar-refractivity contribution in [2.45, 2.75) is 6.42 Å². The third-order valence-electron chi connectivity index (χ3n) is 4.32. The average molecular weight is 291 g/mol. The molecule has 5 nitrogen and oxygen atoms in total. The average Bonchev–Trinajstić information content (AvgIpc) is 2.54. The molecule has 0 aromatic heterocycles. The molecule has 2 aliphatic rings. The first-order valence-electron chi connectivity index (χ1n) is 7.90. The maximum Gasteiger partial charge on any atom is 0.142 e. The Kier molecular flexibility index (Phi) is 4.95. The maximum atomic E-state index is 8.96. The summed E-state index contributed by atoms with van der Waals surface area (Å²) in [6.45, 7) is 8.17. The first-order valence-corrected chi connectivity index (χ1v) is 7.90. The minimum absolute atomic E-state index is 0.268. The van der Waals surface area contributed by atoms with E-state index in [-0.39, 0.29) is 6.61 Å². The molecule has 0 amide bonds. The van der Waals surface area contributed by atoms with Crippen LogP contribution in [0.3, 0.4) is 0 Å². The van der Waals surface area contributed by atoms with E-state index in [9.17, 15) is 0 Å². The molecule has 5 heteroatoms. The highest BCUT2D eigenvalue weighted by Gasteiger charge is 2.16. The molecule has 2 N–H and O–H groups in total. The van der Waals surface area contributed by atoms with Gasteiger partial charge in [0, 0.05) is 45.8 Å². The van der Waals surface area contributed by atoms with Gasteiger partial charge in [-0.15, -0.1) is 0 Å². The second kappa shape index (κ2) is 7.11. The van der Waals surface area contributed by atoms with Gasteiger partial charge in [-0.3, -0.25) is 4.90 Å². The Bertz CT molecular complexity index is 459. The van der Waals surface area contributed by atoms with Gasteiger partial charge < -0.3 is 20.1 Å². The Hall–Kier alpha value is -1.30. The van der Waals surface area contributed by atoms with E-state index in [2.05, 4.69) is 33.3 Å². The highest BCUT2D eigenvalue weighted by Crippen LogP contribution is 2.28. The number of aliphatic hydroxyl groups excluding tert-OH is 1. The molecule has 0 aliphatic carbocycles. The number of ether oxygens (including phenoxy) is 1. The largest absolute Gasteiger partial charge is 0.490 e. The monoisotopic (exact) mass is 291 g/mol. The molecule has 1 aromatic carbocycles. The lowest BCUT2D eigenvalue weighted by molar-refractivity contribution is 0.113. The van der Waals surface area contributed by atoms with Crippen molar-refractivity contribution in [1.82, 2.24) is 9.80 Å². The highest BCUT2D eigenvalue weighted by molar-refractivity contribution is 5.59. The third kappa shape index (κ3) is 3.87. The van der Waals surface area contributed by atoms with Crippen molar-refractivity contribution < 1.29 is 9.84 Å². The Balaban J connectivity index is 1.47. The fourth-order valence-electron chi connectivity index (χ4n) is 3.01. The van der Waals surface area contributed by atoms with Gasteiger partial charge >= 0.3 is 0 Å². The summed E-state index contributed by atoms with van der Waals surface area (Å²) in [6.07, 6.45) is 1.08. The summed E-state index contributed by atoms with van der Waals surface area (Å²) >= 11 is 0. The van der Waals surface area contributed by atoms with Crippen LogP contribution in [0.5, 0.6) is 5.75 Å². The zero-order valence-electron chi connectivity index (χ0n) is 12.6.